The molecule has 0 unspecified atom stereocenters. The fourth-order valence-electron chi connectivity index (χ4n) is 1.63. The van der Waals surface area contributed by atoms with Gasteiger partial charge in [0.1, 0.15) is 5.69 Å². The second-order valence-corrected chi connectivity index (χ2v) is 3.75. The van der Waals surface area contributed by atoms with E-state index in [-0.39, 0.29) is 17.9 Å². The Kier molecular flexibility index (Phi) is 2.84. The molecule has 2 aromatic heterocycles. The minimum atomic E-state index is -1.21. The first-order chi connectivity index (χ1) is 8.47. The Morgan fingerprint density at radius 2 is 2.33 bits per heavy atom. The van der Waals surface area contributed by atoms with Gasteiger partial charge in [0.05, 0.1) is 23.4 Å². The van der Waals surface area contributed by atoms with Crippen LogP contribution in [-0.4, -0.2) is 30.3 Å². The highest BCUT2D eigenvalue weighted by molar-refractivity contribution is 5.86. The zero-order chi connectivity index (χ0) is 13.3. The fourth-order valence-corrected chi connectivity index (χ4v) is 1.63. The quantitative estimate of drug-likeness (QED) is 0.640. The van der Waals surface area contributed by atoms with Crippen LogP contribution in [0.5, 0.6) is 0 Å². The molecular formula is C10H10N4O4. The zero-order valence-electron chi connectivity index (χ0n) is 9.48. The van der Waals surface area contributed by atoms with Gasteiger partial charge in [-0.05, 0) is 6.07 Å². The average molecular weight is 250 g/mol. The van der Waals surface area contributed by atoms with Crippen molar-refractivity contribution < 1.29 is 14.8 Å². The van der Waals surface area contributed by atoms with Crippen LogP contribution in [-0.2, 0) is 13.6 Å². The molecule has 0 aliphatic carbocycles. The Balaban J connectivity index is 2.36. The summed E-state index contributed by atoms with van der Waals surface area (Å²) in [5.74, 6) is -1.21. The molecule has 0 saturated carbocycles. The summed E-state index contributed by atoms with van der Waals surface area (Å²) in [5, 5.41) is 23.7. The van der Waals surface area contributed by atoms with E-state index in [1.807, 2.05) is 0 Å². The summed E-state index contributed by atoms with van der Waals surface area (Å²) in [7, 11) is 1.74. The maximum Gasteiger partial charge on any atom is 0.352 e. The van der Waals surface area contributed by atoms with Gasteiger partial charge in [-0.1, -0.05) is 0 Å². The second kappa shape index (κ2) is 4.32. The Morgan fingerprint density at radius 3 is 2.83 bits per heavy atom. The average Bonchev–Trinajstić information content (AvgIpc) is 2.85. The topological polar surface area (TPSA) is 103 Å². The highest BCUT2D eigenvalue weighted by Gasteiger charge is 2.19. The molecule has 2 heterocycles. The van der Waals surface area contributed by atoms with Crippen LogP contribution in [0.15, 0.2) is 24.5 Å². The number of aromatic nitrogens is 3. The molecule has 0 atom stereocenters. The molecule has 2 aromatic rings. The molecular weight excluding hydrogens is 240 g/mol. The van der Waals surface area contributed by atoms with E-state index in [2.05, 4.69) is 5.10 Å². The number of carboxylic acids is 1. The summed E-state index contributed by atoms with van der Waals surface area (Å²) in [6, 6.07) is 2.75. The molecule has 2 rings (SSSR count). The van der Waals surface area contributed by atoms with Gasteiger partial charge in [-0.15, -0.1) is 0 Å². The first-order valence-electron chi connectivity index (χ1n) is 5.04. The lowest BCUT2D eigenvalue weighted by atomic mass is 10.4. The van der Waals surface area contributed by atoms with Crippen LogP contribution < -0.4 is 0 Å². The van der Waals surface area contributed by atoms with Crippen molar-refractivity contribution in [2.75, 3.05) is 0 Å². The van der Waals surface area contributed by atoms with E-state index in [1.165, 1.54) is 10.8 Å². The Bertz CT molecular complexity index is 613. The van der Waals surface area contributed by atoms with E-state index >= 15 is 0 Å². The van der Waals surface area contributed by atoms with Crippen molar-refractivity contribution in [3.05, 3.63) is 46.0 Å². The van der Waals surface area contributed by atoms with Crippen LogP contribution >= 0.6 is 0 Å². The van der Waals surface area contributed by atoms with Gasteiger partial charge in [0.15, 0.2) is 0 Å². The summed E-state index contributed by atoms with van der Waals surface area (Å²) in [4.78, 5) is 21.0. The summed E-state index contributed by atoms with van der Waals surface area (Å²) in [5.41, 5.74) is 0.251. The SMILES string of the molecule is Cn1ccc(Cn2cc([N+](=O)[O-])cc2C(=O)O)n1. The van der Waals surface area contributed by atoms with Gasteiger partial charge in [-0.3, -0.25) is 14.8 Å². The van der Waals surface area contributed by atoms with E-state index < -0.39 is 10.9 Å². The van der Waals surface area contributed by atoms with Crippen LogP contribution in [0.2, 0.25) is 0 Å². The normalized spacial score (nSPS) is 10.5. The number of carboxylic acid groups (broad SMARTS) is 1. The van der Waals surface area contributed by atoms with Gasteiger partial charge in [0.2, 0.25) is 0 Å². The Morgan fingerprint density at radius 1 is 1.61 bits per heavy atom. The summed E-state index contributed by atoms with van der Waals surface area (Å²) >= 11 is 0. The largest absolute Gasteiger partial charge is 0.477 e. The van der Waals surface area contributed by atoms with Crippen molar-refractivity contribution in [3.63, 3.8) is 0 Å². The maximum atomic E-state index is 11.0. The number of nitrogens with zero attached hydrogens (tertiary/aromatic N) is 4. The molecule has 0 amide bonds. The molecule has 0 radical (unpaired) electrons. The van der Waals surface area contributed by atoms with Crippen molar-refractivity contribution in [1.82, 2.24) is 14.3 Å². The highest BCUT2D eigenvalue weighted by Crippen LogP contribution is 2.17. The van der Waals surface area contributed by atoms with Gasteiger partial charge in [-0.2, -0.15) is 5.10 Å². The summed E-state index contributed by atoms with van der Waals surface area (Å²) < 4.78 is 2.87. The standard InChI is InChI=1S/C10H10N4O4/c1-12-3-2-7(11-12)5-13-6-8(14(17)18)4-9(13)10(15)16/h2-4,6H,5H2,1H3,(H,15,16). The molecule has 1 N–H and O–H groups in total. The van der Waals surface area contributed by atoms with Crippen molar-refractivity contribution in [2.24, 2.45) is 7.05 Å². The lowest BCUT2D eigenvalue weighted by molar-refractivity contribution is -0.384. The van der Waals surface area contributed by atoms with Crippen molar-refractivity contribution in [1.29, 1.82) is 0 Å². The molecule has 0 spiro atoms. The van der Waals surface area contributed by atoms with E-state index in [1.54, 1.807) is 24.0 Å². The molecule has 0 aliphatic heterocycles. The first kappa shape index (κ1) is 11.8. The third-order valence-electron chi connectivity index (χ3n) is 2.41. The van der Waals surface area contributed by atoms with Crippen molar-refractivity contribution in [3.8, 4) is 0 Å². The number of hydrogen-bond acceptors (Lipinski definition) is 4. The molecule has 0 saturated heterocycles. The lowest BCUT2D eigenvalue weighted by Gasteiger charge is -2.02. The summed E-state index contributed by atoms with van der Waals surface area (Å²) in [6.07, 6.45) is 2.91. The molecule has 0 aliphatic rings. The predicted molar refractivity (Wildman–Crippen MR) is 60.4 cm³/mol. The van der Waals surface area contributed by atoms with Crippen LogP contribution in [0.4, 0.5) is 5.69 Å². The molecule has 0 fully saturated rings. The van der Waals surface area contributed by atoms with Gasteiger partial charge < -0.3 is 9.67 Å². The Labute approximate surface area is 101 Å². The molecule has 8 heteroatoms. The zero-order valence-corrected chi connectivity index (χ0v) is 9.48. The first-order valence-corrected chi connectivity index (χ1v) is 5.04. The number of carbonyl (C=O) groups is 1. The number of aromatic carboxylic acids is 1. The molecule has 8 nitrogen and oxygen atoms in total. The minimum Gasteiger partial charge on any atom is -0.477 e. The predicted octanol–water partition coefficient (Wildman–Crippen LogP) is 0.876. The molecule has 0 bridgehead atoms. The smallest absolute Gasteiger partial charge is 0.352 e. The van der Waals surface area contributed by atoms with Gasteiger partial charge in [0.25, 0.3) is 5.69 Å². The third-order valence-corrected chi connectivity index (χ3v) is 2.41. The number of aryl methyl sites for hydroxylation is 1. The van der Waals surface area contributed by atoms with E-state index in [0.29, 0.717) is 5.69 Å². The van der Waals surface area contributed by atoms with Crippen LogP contribution in [0, 0.1) is 10.1 Å². The molecule has 0 aromatic carbocycles. The van der Waals surface area contributed by atoms with E-state index in [9.17, 15) is 14.9 Å². The maximum absolute atomic E-state index is 11.0. The van der Waals surface area contributed by atoms with Crippen LogP contribution in [0.25, 0.3) is 0 Å². The molecule has 18 heavy (non-hydrogen) atoms. The second-order valence-electron chi connectivity index (χ2n) is 3.75. The van der Waals surface area contributed by atoms with Gasteiger partial charge in [0, 0.05) is 19.3 Å². The van der Waals surface area contributed by atoms with E-state index in [0.717, 1.165) is 6.07 Å². The number of rotatable bonds is 4. The van der Waals surface area contributed by atoms with Gasteiger partial charge in [-0.25, -0.2) is 4.79 Å². The number of hydrogen-bond donors (Lipinski definition) is 1. The van der Waals surface area contributed by atoms with Crippen LogP contribution in [0.3, 0.4) is 0 Å². The van der Waals surface area contributed by atoms with Crippen molar-refractivity contribution in [2.45, 2.75) is 6.54 Å². The van der Waals surface area contributed by atoms with Crippen molar-refractivity contribution >= 4 is 11.7 Å². The monoisotopic (exact) mass is 250 g/mol. The lowest BCUT2D eigenvalue weighted by Crippen LogP contribution is -2.09. The van der Waals surface area contributed by atoms with Gasteiger partial charge >= 0.3 is 5.97 Å². The third kappa shape index (κ3) is 2.21. The molecule has 94 valence electrons. The van der Waals surface area contributed by atoms with Crippen LogP contribution in [0.1, 0.15) is 16.2 Å². The fraction of sp³-hybridized carbons (Fsp3) is 0.200. The highest BCUT2D eigenvalue weighted by atomic mass is 16.6. The summed E-state index contributed by atoms with van der Waals surface area (Å²) in [6.45, 7) is 0.177. The number of nitro groups is 1. The van der Waals surface area contributed by atoms with E-state index in [4.69, 9.17) is 5.11 Å². The Hall–Kier alpha value is -2.64. The minimum absolute atomic E-state index is 0.132.